The van der Waals surface area contributed by atoms with Gasteiger partial charge in [0.1, 0.15) is 18.9 Å². The van der Waals surface area contributed by atoms with Gasteiger partial charge in [-0.05, 0) is 83.5 Å². The Kier molecular flexibility index (Phi) is 8.31. The highest BCUT2D eigenvalue weighted by atomic mass is 127. The fourth-order valence-electron chi connectivity index (χ4n) is 3.91. The molecule has 0 N–H and O–H groups in total. The molecule has 2 saturated heterocycles. The van der Waals surface area contributed by atoms with E-state index in [1.807, 2.05) is 30.3 Å². The van der Waals surface area contributed by atoms with Gasteiger partial charge in [-0.25, -0.2) is 0 Å². The molecule has 0 bridgehead atoms. The molecule has 34 heavy (non-hydrogen) atoms. The number of likely N-dealkylation sites (tertiary alicyclic amines) is 1. The topological polar surface area (TPSA) is 66.9 Å². The Bertz CT molecular complexity index is 1110. The smallest absolute Gasteiger partial charge is 0.294 e. The average molecular weight is 590 g/mol. The first-order valence-electron chi connectivity index (χ1n) is 11.4. The van der Waals surface area contributed by atoms with Gasteiger partial charge >= 0.3 is 0 Å². The van der Waals surface area contributed by atoms with E-state index in [-0.39, 0.29) is 12.5 Å². The SMILES string of the molecule is Cc1ccc(COc2ccc(C=C3SC(=O)N(CC(=O)N4CCCCCC4)C3=O)cc2I)cc1. The Labute approximate surface area is 217 Å². The highest BCUT2D eigenvalue weighted by Crippen LogP contribution is 2.33. The molecule has 0 spiro atoms. The van der Waals surface area contributed by atoms with Crippen molar-refractivity contribution < 1.29 is 19.1 Å². The van der Waals surface area contributed by atoms with E-state index in [0.29, 0.717) is 24.6 Å². The Morgan fingerprint density at radius 1 is 1.06 bits per heavy atom. The summed E-state index contributed by atoms with van der Waals surface area (Å²) in [6.07, 6.45) is 5.87. The third kappa shape index (κ3) is 6.21. The van der Waals surface area contributed by atoms with Crippen molar-refractivity contribution in [1.29, 1.82) is 0 Å². The minimum absolute atomic E-state index is 0.157. The van der Waals surface area contributed by atoms with E-state index in [2.05, 4.69) is 41.6 Å². The third-order valence-electron chi connectivity index (χ3n) is 5.89. The minimum atomic E-state index is -0.409. The molecule has 0 aliphatic carbocycles. The third-order valence-corrected chi connectivity index (χ3v) is 7.64. The molecular formula is C26H27IN2O4S. The summed E-state index contributed by atoms with van der Waals surface area (Å²) in [5, 5.41) is -0.396. The molecule has 2 aromatic rings. The summed E-state index contributed by atoms with van der Waals surface area (Å²) in [5.41, 5.74) is 3.10. The summed E-state index contributed by atoms with van der Waals surface area (Å²) in [4.78, 5) is 41.2. The van der Waals surface area contributed by atoms with Crippen molar-refractivity contribution >= 4 is 57.5 Å². The molecule has 2 fully saturated rings. The molecular weight excluding hydrogens is 563 g/mol. The van der Waals surface area contributed by atoms with Crippen LogP contribution in [0.2, 0.25) is 0 Å². The van der Waals surface area contributed by atoms with Crippen molar-refractivity contribution in [2.45, 2.75) is 39.2 Å². The monoisotopic (exact) mass is 590 g/mol. The zero-order chi connectivity index (χ0) is 24.1. The number of carbonyl (C=O) groups is 3. The second kappa shape index (κ2) is 11.4. The highest BCUT2D eigenvalue weighted by Gasteiger charge is 2.37. The second-order valence-corrected chi connectivity index (χ2v) is 10.7. The van der Waals surface area contributed by atoms with E-state index in [1.165, 1.54) is 5.56 Å². The first-order chi connectivity index (χ1) is 16.4. The largest absolute Gasteiger partial charge is 0.488 e. The normalized spacial score (nSPS) is 17.9. The fraction of sp³-hybridized carbons (Fsp3) is 0.346. The lowest BCUT2D eigenvalue weighted by Gasteiger charge is -2.22. The minimum Gasteiger partial charge on any atom is -0.488 e. The number of ether oxygens (including phenoxy) is 1. The zero-order valence-corrected chi connectivity index (χ0v) is 22.1. The standard InChI is InChI=1S/C26H27IN2O4S/c1-18-6-8-19(9-7-18)17-33-22-11-10-20(14-21(22)27)15-23-25(31)29(26(32)34-23)16-24(30)28-12-4-2-3-5-13-28/h6-11,14-15H,2-5,12-13,16-17H2,1H3. The maximum absolute atomic E-state index is 12.9. The number of amides is 3. The van der Waals surface area contributed by atoms with E-state index in [9.17, 15) is 14.4 Å². The first-order valence-corrected chi connectivity index (χ1v) is 13.3. The maximum Gasteiger partial charge on any atom is 0.294 e. The number of imide groups is 1. The van der Waals surface area contributed by atoms with Crippen LogP contribution < -0.4 is 4.74 Å². The van der Waals surface area contributed by atoms with Crippen molar-refractivity contribution in [2.75, 3.05) is 19.6 Å². The zero-order valence-electron chi connectivity index (χ0n) is 19.1. The lowest BCUT2D eigenvalue weighted by atomic mass is 10.1. The van der Waals surface area contributed by atoms with Gasteiger partial charge in [0.05, 0.1) is 8.48 Å². The molecule has 0 aromatic heterocycles. The molecule has 3 amide bonds. The number of benzene rings is 2. The molecule has 0 atom stereocenters. The summed E-state index contributed by atoms with van der Waals surface area (Å²) < 4.78 is 6.86. The number of halogens is 1. The maximum atomic E-state index is 12.9. The second-order valence-electron chi connectivity index (χ2n) is 8.53. The van der Waals surface area contributed by atoms with E-state index >= 15 is 0 Å². The van der Waals surface area contributed by atoms with Gasteiger partial charge in [0, 0.05) is 13.1 Å². The van der Waals surface area contributed by atoms with Gasteiger partial charge in [0.15, 0.2) is 0 Å². The van der Waals surface area contributed by atoms with Crippen molar-refractivity contribution in [3.05, 3.63) is 67.6 Å². The molecule has 2 aliphatic rings. The lowest BCUT2D eigenvalue weighted by Crippen LogP contribution is -2.42. The molecule has 2 aliphatic heterocycles. The molecule has 0 saturated carbocycles. The van der Waals surface area contributed by atoms with Gasteiger partial charge in [-0.15, -0.1) is 0 Å². The number of rotatable bonds is 6. The van der Waals surface area contributed by atoms with Crippen LogP contribution >= 0.6 is 34.4 Å². The number of hydrogen-bond donors (Lipinski definition) is 0. The molecule has 178 valence electrons. The van der Waals surface area contributed by atoms with Crippen molar-refractivity contribution in [2.24, 2.45) is 0 Å². The van der Waals surface area contributed by atoms with Crippen molar-refractivity contribution in [1.82, 2.24) is 9.80 Å². The van der Waals surface area contributed by atoms with Crippen LogP contribution in [0.4, 0.5) is 4.79 Å². The van der Waals surface area contributed by atoms with Crippen molar-refractivity contribution in [3.63, 3.8) is 0 Å². The quantitative estimate of drug-likeness (QED) is 0.323. The van der Waals surface area contributed by atoms with Gasteiger partial charge in [-0.2, -0.15) is 0 Å². The number of carbonyl (C=O) groups excluding carboxylic acids is 3. The average Bonchev–Trinajstić information content (AvgIpc) is 3.01. The number of thioether (sulfide) groups is 1. The van der Waals surface area contributed by atoms with Gasteiger partial charge in [0.25, 0.3) is 11.1 Å². The molecule has 4 rings (SSSR count). The first kappa shape index (κ1) is 24.8. The predicted octanol–water partition coefficient (Wildman–Crippen LogP) is 5.62. The van der Waals surface area contributed by atoms with Crippen molar-refractivity contribution in [3.8, 4) is 5.75 Å². The van der Waals surface area contributed by atoms with Crippen LogP contribution in [0.15, 0.2) is 47.4 Å². The Morgan fingerprint density at radius 2 is 1.76 bits per heavy atom. The molecule has 0 unspecified atom stereocenters. The van der Waals surface area contributed by atoms with Crippen LogP contribution in [0, 0.1) is 10.5 Å². The van der Waals surface area contributed by atoms with Gasteiger partial charge in [-0.1, -0.05) is 48.7 Å². The lowest BCUT2D eigenvalue weighted by molar-refractivity contribution is -0.135. The molecule has 6 nitrogen and oxygen atoms in total. The van der Waals surface area contributed by atoms with Crippen LogP contribution in [0.25, 0.3) is 6.08 Å². The fourth-order valence-corrected chi connectivity index (χ4v) is 5.45. The van der Waals surface area contributed by atoms with Gasteiger partial charge in [-0.3, -0.25) is 19.3 Å². The molecule has 0 radical (unpaired) electrons. The summed E-state index contributed by atoms with van der Waals surface area (Å²) >= 11 is 3.09. The van der Waals surface area contributed by atoms with E-state index in [0.717, 1.165) is 62.8 Å². The summed E-state index contributed by atoms with van der Waals surface area (Å²) in [5.74, 6) is 0.192. The van der Waals surface area contributed by atoms with Crippen LogP contribution in [-0.4, -0.2) is 46.5 Å². The summed E-state index contributed by atoms with van der Waals surface area (Å²) in [7, 11) is 0. The molecule has 2 heterocycles. The number of hydrogen-bond acceptors (Lipinski definition) is 5. The molecule has 2 aromatic carbocycles. The molecule has 8 heteroatoms. The van der Waals surface area contributed by atoms with Crippen LogP contribution in [0.1, 0.15) is 42.4 Å². The highest BCUT2D eigenvalue weighted by molar-refractivity contribution is 14.1. The summed E-state index contributed by atoms with van der Waals surface area (Å²) in [6, 6.07) is 13.9. The van der Waals surface area contributed by atoms with E-state index in [1.54, 1.807) is 11.0 Å². The van der Waals surface area contributed by atoms with Crippen LogP contribution in [0.3, 0.4) is 0 Å². The van der Waals surface area contributed by atoms with Crippen LogP contribution in [0.5, 0.6) is 5.75 Å². The van der Waals surface area contributed by atoms with Gasteiger partial charge < -0.3 is 9.64 Å². The Morgan fingerprint density at radius 3 is 2.44 bits per heavy atom. The summed E-state index contributed by atoms with van der Waals surface area (Å²) in [6.45, 7) is 3.73. The van der Waals surface area contributed by atoms with E-state index in [4.69, 9.17) is 4.74 Å². The Hall–Kier alpha value is -2.33. The number of aryl methyl sites for hydroxylation is 1. The van der Waals surface area contributed by atoms with E-state index < -0.39 is 11.1 Å². The number of nitrogens with zero attached hydrogens (tertiary/aromatic N) is 2. The van der Waals surface area contributed by atoms with Gasteiger partial charge in [0.2, 0.25) is 5.91 Å². The Balaban J connectivity index is 1.39. The predicted molar refractivity (Wildman–Crippen MR) is 142 cm³/mol. The van der Waals surface area contributed by atoms with Crippen LogP contribution in [-0.2, 0) is 16.2 Å².